The second kappa shape index (κ2) is 8.04. The summed E-state index contributed by atoms with van der Waals surface area (Å²) in [5.41, 5.74) is 2.22. The van der Waals surface area contributed by atoms with Gasteiger partial charge in [-0.1, -0.05) is 30.3 Å². The number of likely N-dealkylation sites (N-methyl/N-ethyl adjacent to an activating group) is 1. The first-order chi connectivity index (χ1) is 12.1. The molecular formula is C18H16N2O3S2. The number of aromatic nitrogens is 1. The molecule has 2 aromatic heterocycles. The number of hydrogen-bond donors (Lipinski definition) is 0. The van der Waals surface area contributed by atoms with E-state index in [1.165, 1.54) is 16.2 Å². The molecule has 25 heavy (non-hydrogen) atoms. The first-order valence-corrected chi connectivity index (χ1v) is 9.39. The third-order valence-corrected chi connectivity index (χ3v) is 5.07. The van der Waals surface area contributed by atoms with E-state index in [0.717, 1.165) is 16.1 Å². The molecule has 0 saturated carbocycles. The zero-order valence-electron chi connectivity index (χ0n) is 13.5. The van der Waals surface area contributed by atoms with Crippen LogP contribution in [-0.2, 0) is 16.1 Å². The first-order valence-electron chi connectivity index (χ1n) is 7.56. The fourth-order valence-corrected chi connectivity index (χ4v) is 3.64. The minimum absolute atomic E-state index is 0.227. The third kappa shape index (κ3) is 4.52. The number of esters is 1. The van der Waals surface area contributed by atoms with Crippen LogP contribution in [0.4, 0.5) is 0 Å². The molecule has 3 aromatic rings. The molecule has 5 nitrogen and oxygen atoms in total. The van der Waals surface area contributed by atoms with Gasteiger partial charge in [-0.3, -0.25) is 4.79 Å². The monoisotopic (exact) mass is 372 g/mol. The maximum absolute atomic E-state index is 12.1. The summed E-state index contributed by atoms with van der Waals surface area (Å²) in [5.74, 6) is -0.843. The summed E-state index contributed by atoms with van der Waals surface area (Å²) in [4.78, 5) is 30.0. The Morgan fingerprint density at radius 2 is 1.96 bits per heavy atom. The van der Waals surface area contributed by atoms with Gasteiger partial charge in [0.2, 0.25) is 0 Å². The predicted octanol–water partition coefficient (Wildman–Crippen LogP) is 3.69. The Morgan fingerprint density at radius 3 is 2.68 bits per heavy atom. The number of thiophene rings is 1. The normalized spacial score (nSPS) is 10.4. The van der Waals surface area contributed by atoms with Gasteiger partial charge in [0.15, 0.2) is 12.3 Å². The van der Waals surface area contributed by atoms with Gasteiger partial charge < -0.3 is 9.64 Å². The minimum Gasteiger partial charge on any atom is -0.451 e. The van der Waals surface area contributed by atoms with E-state index in [2.05, 4.69) is 4.98 Å². The first kappa shape index (κ1) is 17.3. The predicted molar refractivity (Wildman–Crippen MR) is 98.6 cm³/mol. The van der Waals surface area contributed by atoms with E-state index in [4.69, 9.17) is 4.74 Å². The zero-order chi connectivity index (χ0) is 17.6. The average molecular weight is 372 g/mol. The highest BCUT2D eigenvalue weighted by atomic mass is 32.1. The van der Waals surface area contributed by atoms with Crippen LogP contribution in [0.5, 0.6) is 0 Å². The standard InChI is InChI=1S/C18H16N2O3S2/c1-20(9-13-5-3-2-4-6-13)16(21)10-23-18(22)15-12-25-17(19-15)14-7-8-24-11-14/h2-8,11-12H,9-10H2,1H3. The highest BCUT2D eigenvalue weighted by molar-refractivity contribution is 7.14. The molecule has 0 saturated heterocycles. The SMILES string of the molecule is CN(Cc1ccccc1)C(=O)COC(=O)c1csc(-c2ccsc2)n1. The van der Waals surface area contributed by atoms with Gasteiger partial charge in [-0.2, -0.15) is 11.3 Å². The van der Waals surface area contributed by atoms with Crippen LogP contribution in [-0.4, -0.2) is 35.4 Å². The maximum Gasteiger partial charge on any atom is 0.358 e. The molecule has 0 aliphatic carbocycles. The summed E-state index contributed by atoms with van der Waals surface area (Å²) in [6.07, 6.45) is 0. The molecule has 0 bridgehead atoms. The van der Waals surface area contributed by atoms with Crippen molar-refractivity contribution in [2.45, 2.75) is 6.54 Å². The van der Waals surface area contributed by atoms with Gasteiger partial charge in [-0.05, 0) is 17.0 Å². The Hall–Kier alpha value is -2.51. The van der Waals surface area contributed by atoms with Gasteiger partial charge in [0, 0.05) is 29.9 Å². The summed E-state index contributed by atoms with van der Waals surface area (Å²) in [7, 11) is 1.68. The van der Waals surface area contributed by atoms with Crippen LogP contribution in [0.25, 0.3) is 10.6 Å². The van der Waals surface area contributed by atoms with Crippen molar-refractivity contribution in [1.29, 1.82) is 0 Å². The molecule has 7 heteroatoms. The number of thiazole rings is 1. The molecular weight excluding hydrogens is 356 g/mol. The second-order valence-electron chi connectivity index (χ2n) is 5.36. The van der Waals surface area contributed by atoms with Crippen molar-refractivity contribution in [2.24, 2.45) is 0 Å². The van der Waals surface area contributed by atoms with E-state index in [-0.39, 0.29) is 18.2 Å². The van der Waals surface area contributed by atoms with E-state index < -0.39 is 5.97 Å². The molecule has 0 radical (unpaired) electrons. The third-order valence-electron chi connectivity index (χ3n) is 3.50. The van der Waals surface area contributed by atoms with Gasteiger partial charge in [-0.15, -0.1) is 11.3 Å². The molecule has 1 amide bonds. The van der Waals surface area contributed by atoms with Gasteiger partial charge in [0.25, 0.3) is 5.91 Å². The van der Waals surface area contributed by atoms with Crippen LogP contribution in [0.15, 0.2) is 52.5 Å². The van der Waals surface area contributed by atoms with Gasteiger partial charge in [0.05, 0.1) is 0 Å². The fourth-order valence-electron chi connectivity index (χ4n) is 2.14. The lowest BCUT2D eigenvalue weighted by Gasteiger charge is -2.16. The molecule has 1 aromatic carbocycles. The van der Waals surface area contributed by atoms with Crippen molar-refractivity contribution in [3.63, 3.8) is 0 Å². The second-order valence-corrected chi connectivity index (χ2v) is 7.00. The van der Waals surface area contributed by atoms with Crippen LogP contribution >= 0.6 is 22.7 Å². The number of hydrogen-bond acceptors (Lipinski definition) is 6. The largest absolute Gasteiger partial charge is 0.451 e. The molecule has 0 aliphatic rings. The lowest BCUT2D eigenvalue weighted by molar-refractivity contribution is -0.133. The van der Waals surface area contributed by atoms with Crippen molar-refractivity contribution in [2.75, 3.05) is 13.7 Å². The molecule has 0 atom stereocenters. The van der Waals surface area contributed by atoms with E-state index in [1.807, 2.05) is 47.2 Å². The number of carbonyl (C=O) groups is 2. The van der Waals surface area contributed by atoms with Crippen LogP contribution in [0.3, 0.4) is 0 Å². The molecule has 0 N–H and O–H groups in total. The fraction of sp³-hybridized carbons (Fsp3) is 0.167. The molecule has 128 valence electrons. The summed E-state index contributed by atoms with van der Waals surface area (Å²) < 4.78 is 5.10. The average Bonchev–Trinajstić information content (AvgIpc) is 3.31. The highest BCUT2D eigenvalue weighted by Crippen LogP contribution is 2.25. The number of amides is 1. The van der Waals surface area contributed by atoms with Crippen molar-refractivity contribution >= 4 is 34.6 Å². The Labute approximate surface area is 153 Å². The highest BCUT2D eigenvalue weighted by Gasteiger charge is 2.17. The quantitative estimate of drug-likeness (QED) is 0.619. The summed E-state index contributed by atoms with van der Waals surface area (Å²) in [5, 5.41) is 6.33. The number of benzene rings is 1. The van der Waals surface area contributed by atoms with Crippen molar-refractivity contribution in [1.82, 2.24) is 9.88 Å². The number of rotatable bonds is 6. The zero-order valence-corrected chi connectivity index (χ0v) is 15.2. The smallest absolute Gasteiger partial charge is 0.358 e. The van der Waals surface area contributed by atoms with E-state index in [0.29, 0.717) is 6.54 Å². The molecule has 2 heterocycles. The lowest BCUT2D eigenvalue weighted by Crippen LogP contribution is -2.30. The van der Waals surface area contributed by atoms with E-state index >= 15 is 0 Å². The molecule has 0 spiro atoms. The number of carbonyl (C=O) groups excluding carboxylic acids is 2. The molecule has 0 aliphatic heterocycles. The number of nitrogens with zero attached hydrogens (tertiary/aromatic N) is 2. The van der Waals surface area contributed by atoms with Crippen molar-refractivity contribution < 1.29 is 14.3 Å². The Balaban J connectivity index is 1.52. The van der Waals surface area contributed by atoms with Gasteiger partial charge in [0.1, 0.15) is 5.01 Å². The minimum atomic E-state index is -0.584. The van der Waals surface area contributed by atoms with Crippen molar-refractivity contribution in [3.05, 3.63) is 63.8 Å². The van der Waals surface area contributed by atoms with Crippen LogP contribution in [0, 0.1) is 0 Å². The van der Waals surface area contributed by atoms with E-state index in [9.17, 15) is 9.59 Å². The number of ether oxygens (including phenoxy) is 1. The maximum atomic E-state index is 12.1. The van der Waals surface area contributed by atoms with Crippen LogP contribution in [0.2, 0.25) is 0 Å². The topological polar surface area (TPSA) is 59.5 Å². The molecule has 3 rings (SSSR count). The van der Waals surface area contributed by atoms with Crippen LogP contribution < -0.4 is 0 Å². The van der Waals surface area contributed by atoms with Crippen molar-refractivity contribution in [3.8, 4) is 10.6 Å². The van der Waals surface area contributed by atoms with Gasteiger partial charge >= 0.3 is 5.97 Å². The molecule has 0 fully saturated rings. The molecule has 0 unspecified atom stereocenters. The van der Waals surface area contributed by atoms with Gasteiger partial charge in [-0.25, -0.2) is 9.78 Å². The lowest BCUT2D eigenvalue weighted by atomic mass is 10.2. The Kier molecular flexibility index (Phi) is 5.57. The summed E-state index contributed by atoms with van der Waals surface area (Å²) in [6, 6.07) is 11.6. The summed E-state index contributed by atoms with van der Waals surface area (Å²) >= 11 is 2.95. The summed E-state index contributed by atoms with van der Waals surface area (Å²) in [6.45, 7) is 0.170. The van der Waals surface area contributed by atoms with Crippen LogP contribution in [0.1, 0.15) is 16.1 Å². The van der Waals surface area contributed by atoms with E-state index in [1.54, 1.807) is 23.8 Å². The Bertz CT molecular complexity index is 844. The Morgan fingerprint density at radius 1 is 1.16 bits per heavy atom.